The lowest BCUT2D eigenvalue weighted by atomic mass is 10.0. The molecule has 1 aliphatic carbocycles. The van der Waals surface area contributed by atoms with E-state index in [9.17, 15) is 0 Å². The Morgan fingerprint density at radius 2 is 2.10 bits per heavy atom. The Morgan fingerprint density at radius 3 is 2.70 bits per heavy atom. The van der Waals surface area contributed by atoms with Gasteiger partial charge in [0.1, 0.15) is 5.82 Å². The first-order valence-electron chi connectivity index (χ1n) is 7.95. The fourth-order valence-electron chi connectivity index (χ4n) is 3.32. The predicted octanol–water partition coefficient (Wildman–Crippen LogP) is 3.33. The zero-order valence-electron chi connectivity index (χ0n) is 13.3. The Bertz CT molecular complexity index is 503. The van der Waals surface area contributed by atoms with E-state index in [1.165, 1.54) is 42.6 Å². The van der Waals surface area contributed by atoms with Crippen LogP contribution in [0.2, 0.25) is 0 Å². The molecule has 3 nitrogen and oxygen atoms in total. The molecule has 20 heavy (non-hydrogen) atoms. The number of nitrogens with one attached hydrogen (secondary N) is 1. The summed E-state index contributed by atoms with van der Waals surface area (Å²) in [6, 6.07) is 2.96. The van der Waals surface area contributed by atoms with Crippen LogP contribution >= 0.6 is 0 Å². The zero-order valence-corrected chi connectivity index (χ0v) is 13.3. The quantitative estimate of drug-likeness (QED) is 0.912. The molecule has 0 unspecified atom stereocenters. The minimum atomic E-state index is 0.238. The van der Waals surface area contributed by atoms with Crippen molar-refractivity contribution in [3.63, 3.8) is 0 Å². The molecule has 1 N–H and O–H groups in total. The van der Waals surface area contributed by atoms with Crippen LogP contribution in [0, 0.1) is 13.8 Å². The Morgan fingerprint density at radius 1 is 1.35 bits per heavy atom. The monoisotopic (exact) mass is 273 g/mol. The second kappa shape index (κ2) is 5.03. The molecule has 1 aromatic rings. The molecular weight excluding hydrogens is 246 g/mol. The highest BCUT2D eigenvalue weighted by atomic mass is 15.3. The van der Waals surface area contributed by atoms with Gasteiger partial charge in [-0.15, -0.1) is 0 Å². The number of hydrogen-bond donors (Lipinski definition) is 1. The minimum Gasteiger partial charge on any atom is -0.351 e. The third-order valence-corrected chi connectivity index (χ3v) is 4.76. The minimum absolute atomic E-state index is 0.238. The molecule has 0 atom stereocenters. The van der Waals surface area contributed by atoms with Crippen molar-refractivity contribution in [2.24, 2.45) is 0 Å². The van der Waals surface area contributed by atoms with Crippen LogP contribution in [0.1, 0.15) is 56.4 Å². The number of pyridine rings is 1. The van der Waals surface area contributed by atoms with Gasteiger partial charge in [-0.25, -0.2) is 4.98 Å². The van der Waals surface area contributed by atoms with Crippen LogP contribution in [-0.2, 0) is 6.54 Å². The first-order valence-corrected chi connectivity index (χ1v) is 7.95. The lowest BCUT2D eigenvalue weighted by molar-refractivity contribution is 0.511. The van der Waals surface area contributed by atoms with Crippen LogP contribution in [0.25, 0.3) is 0 Å². The van der Waals surface area contributed by atoms with E-state index in [0.29, 0.717) is 0 Å². The molecule has 0 spiro atoms. The number of aromatic nitrogens is 1. The van der Waals surface area contributed by atoms with Crippen LogP contribution in [0.5, 0.6) is 0 Å². The van der Waals surface area contributed by atoms with E-state index in [-0.39, 0.29) is 5.54 Å². The molecule has 2 fully saturated rings. The average Bonchev–Trinajstić information content (AvgIpc) is 3.10. The first kappa shape index (κ1) is 13.9. The van der Waals surface area contributed by atoms with Gasteiger partial charge in [-0.05, 0) is 65.0 Å². The van der Waals surface area contributed by atoms with E-state index in [2.05, 4.69) is 44.0 Å². The molecule has 3 heteroatoms. The summed E-state index contributed by atoms with van der Waals surface area (Å²) in [5.41, 5.74) is 4.15. The lowest BCUT2D eigenvalue weighted by Gasteiger charge is -2.35. The second-order valence-corrected chi connectivity index (χ2v) is 7.11. The summed E-state index contributed by atoms with van der Waals surface area (Å²) >= 11 is 0. The van der Waals surface area contributed by atoms with E-state index in [1.807, 2.05) is 0 Å². The fraction of sp³-hybridized carbons (Fsp3) is 0.706. The van der Waals surface area contributed by atoms with Gasteiger partial charge in [0.05, 0.1) is 0 Å². The van der Waals surface area contributed by atoms with Gasteiger partial charge in [0, 0.05) is 35.9 Å². The molecule has 0 amide bonds. The predicted molar refractivity (Wildman–Crippen MR) is 84.2 cm³/mol. The van der Waals surface area contributed by atoms with Crippen molar-refractivity contribution in [3.05, 3.63) is 22.9 Å². The van der Waals surface area contributed by atoms with Crippen LogP contribution in [0.3, 0.4) is 0 Å². The van der Waals surface area contributed by atoms with E-state index >= 15 is 0 Å². The molecule has 1 aromatic heterocycles. The Kier molecular flexibility index (Phi) is 3.49. The highest BCUT2D eigenvalue weighted by Crippen LogP contribution is 2.35. The summed E-state index contributed by atoms with van der Waals surface area (Å²) in [5, 5.41) is 3.66. The van der Waals surface area contributed by atoms with Crippen LogP contribution in [0.15, 0.2) is 6.07 Å². The Hall–Kier alpha value is -1.09. The molecule has 2 heterocycles. The third-order valence-electron chi connectivity index (χ3n) is 4.76. The molecule has 1 saturated heterocycles. The van der Waals surface area contributed by atoms with Gasteiger partial charge >= 0.3 is 0 Å². The summed E-state index contributed by atoms with van der Waals surface area (Å²) in [5.74, 6) is 1.22. The standard InChI is InChI=1S/C17H27N3/c1-12-10-13(2)19-16(15(12)11-18-14-6-7-14)20-9-5-8-17(20,3)4/h10,14,18H,5-9,11H2,1-4H3. The summed E-state index contributed by atoms with van der Waals surface area (Å²) < 4.78 is 0. The SMILES string of the molecule is Cc1cc(C)c(CNC2CC2)c(N2CCCC2(C)C)n1. The molecule has 0 bridgehead atoms. The Labute approximate surface area is 122 Å². The van der Waals surface area contributed by atoms with Crippen molar-refractivity contribution in [1.29, 1.82) is 0 Å². The maximum atomic E-state index is 4.90. The van der Waals surface area contributed by atoms with Crippen molar-refractivity contribution in [1.82, 2.24) is 10.3 Å². The molecule has 110 valence electrons. The maximum absolute atomic E-state index is 4.90. The normalized spacial score (nSPS) is 21.5. The van der Waals surface area contributed by atoms with E-state index in [4.69, 9.17) is 4.98 Å². The van der Waals surface area contributed by atoms with Crippen LogP contribution in [0.4, 0.5) is 5.82 Å². The van der Waals surface area contributed by atoms with Crippen molar-refractivity contribution in [3.8, 4) is 0 Å². The number of rotatable bonds is 4. The number of aryl methyl sites for hydroxylation is 2. The van der Waals surface area contributed by atoms with Crippen molar-refractivity contribution < 1.29 is 0 Å². The van der Waals surface area contributed by atoms with Gasteiger partial charge in [-0.2, -0.15) is 0 Å². The number of hydrogen-bond acceptors (Lipinski definition) is 3. The zero-order chi connectivity index (χ0) is 14.3. The average molecular weight is 273 g/mol. The van der Waals surface area contributed by atoms with Crippen molar-refractivity contribution in [2.75, 3.05) is 11.4 Å². The van der Waals surface area contributed by atoms with E-state index < -0.39 is 0 Å². The summed E-state index contributed by atoms with van der Waals surface area (Å²) in [6.45, 7) is 11.1. The fourth-order valence-corrected chi connectivity index (χ4v) is 3.32. The molecule has 0 radical (unpaired) electrons. The van der Waals surface area contributed by atoms with E-state index in [0.717, 1.165) is 24.8 Å². The second-order valence-electron chi connectivity index (χ2n) is 7.11. The van der Waals surface area contributed by atoms with Gasteiger partial charge < -0.3 is 10.2 Å². The molecule has 2 aliphatic rings. The molecular formula is C17H27N3. The van der Waals surface area contributed by atoms with Crippen LogP contribution < -0.4 is 10.2 Å². The highest BCUT2D eigenvalue weighted by molar-refractivity contribution is 5.54. The molecule has 0 aromatic carbocycles. The van der Waals surface area contributed by atoms with Crippen molar-refractivity contribution >= 4 is 5.82 Å². The molecule has 1 saturated carbocycles. The van der Waals surface area contributed by atoms with Gasteiger partial charge in [-0.3, -0.25) is 0 Å². The summed E-state index contributed by atoms with van der Waals surface area (Å²) in [4.78, 5) is 7.42. The van der Waals surface area contributed by atoms with Gasteiger partial charge in [0.2, 0.25) is 0 Å². The van der Waals surface area contributed by atoms with Gasteiger partial charge in [0.15, 0.2) is 0 Å². The highest BCUT2D eigenvalue weighted by Gasteiger charge is 2.34. The van der Waals surface area contributed by atoms with Gasteiger partial charge in [-0.1, -0.05) is 0 Å². The lowest BCUT2D eigenvalue weighted by Crippen LogP contribution is -2.40. The smallest absolute Gasteiger partial charge is 0.134 e. The topological polar surface area (TPSA) is 28.2 Å². The third kappa shape index (κ3) is 2.69. The number of anilines is 1. The maximum Gasteiger partial charge on any atom is 0.134 e. The molecule has 3 rings (SSSR count). The number of nitrogens with zero attached hydrogens (tertiary/aromatic N) is 2. The van der Waals surface area contributed by atoms with Gasteiger partial charge in [0.25, 0.3) is 0 Å². The molecule has 1 aliphatic heterocycles. The first-order chi connectivity index (χ1) is 9.47. The van der Waals surface area contributed by atoms with E-state index in [1.54, 1.807) is 0 Å². The Balaban J connectivity index is 1.94. The summed E-state index contributed by atoms with van der Waals surface area (Å²) in [7, 11) is 0. The van der Waals surface area contributed by atoms with Crippen LogP contribution in [-0.4, -0.2) is 23.1 Å². The largest absolute Gasteiger partial charge is 0.351 e. The van der Waals surface area contributed by atoms with Crippen molar-refractivity contribution in [2.45, 2.75) is 71.5 Å². The summed E-state index contributed by atoms with van der Waals surface area (Å²) in [6.07, 6.45) is 5.21.